The van der Waals surface area contributed by atoms with E-state index in [2.05, 4.69) is 4.72 Å². The van der Waals surface area contributed by atoms with Gasteiger partial charge >= 0.3 is 0 Å². The Kier molecular flexibility index (Phi) is 6.75. The first-order valence-electron chi connectivity index (χ1n) is 9.45. The number of sulfonamides is 1. The van der Waals surface area contributed by atoms with Gasteiger partial charge in [-0.05, 0) is 66.6 Å². The molecule has 0 saturated carbocycles. The lowest BCUT2D eigenvalue weighted by Crippen LogP contribution is -2.32. The molecular weight excluding hydrogens is 396 g/mol. The van der Waals surface area contributed by atoms with E-state index in [0.29, 0.717) is 11.6 Å². The number of fused-ring (bicyclic) bond motifs is 1. The van der Waals surface area contributed by atoms with E-state index in [4.69, 9.17) is 11.6 Å². The molecule has 1 N–H and O–H groups in total. The van der Waals surface area contributed by atoms with Crippen molar-refractivity contribution >= 4 is 27.5 Å². The van der Waals surface area contributed by atoms with Crippen molar-refractivity contribution in [3.05, 3.63) is 64.2 Å². The summed E-state index contributed by atoms with van der Waals surface area (Å²) in [6.07, 6.45) is 4.29. The number of carbonyl (C=O) groups is 1. The first kappa shape index (κ1) is 20.8. The Labute approximate surface area is 171 Å². The molecule has 0 bridgehead atoms. The number of hydrogen-bond acceptors (Lipinski definition) is 3. The van der Waals surface area contributed by atoms with Crippen LogP contribution in [-0.4, -0.2) is 32.8 Å². The second-order valence-electron chi connectivity index (χ2n) is 7.16. The van der Waals surface area contributed by atoms with Gasteiger partial charge in [-0.25, -0.2) is 13.1 Å². The van der Waals surface area contributed by atoms with Gasteiger partial charge in [0.05, 0.1) is 4.90 Å². The van der Waals surface area contributed by atoms with E-state index < -0.39 is 10.0 Å². The maximum absolute atomic E-state index is 12.5. The smallest absolute Gasteiger partial charge is 0.240 e. The van der Waals surface area contributed by atoms with Gasteiger partial charge in [0, 0.05) is 31.6 Å². The minimum atomic E-state index is -3.61. The highest BCUT2D eigenvalue weighted by Crippen LogP contribution is 2.24. The monoisotopic (exact) mass is 420 g/mol. The van der Waals surface area contributed by atoms with E-state index in [1.807, 2.05) is 18.2 Å². The van der Waals surface area contributed by atoms with Gasteiger partial charge in [-0.15, -0.1) is 0 Å². The maximum atomic E-state index is 12.5. The van der Waals surface area contributed by atoms with Gasteiger partial charge in [0.1, 0.15) is 0 Å². The molecule has 0 heterocycles. The van der Waals surface area contributed by atoms with Crippen molar-refractivity contribution in [3.8, 4) is 0 Å². The molecule has 0 unspecified atom stereocenters. The second kappa shape index (κ2) is 9.07. The molecule has 1 amide bonds. The molecule has 0 aliphatic heterocycles. The summed E-state index contributed by atoms with van der Waals surface area (Å²) >= 11 is 5.87. The highest BCUT2D eigenvalue weighted by atomic mass is 35.5. The molecule has 0 atom stereocenters. The summed E-state index contributed by atoms with van der Waals surface area (Å²) in [4.78, 5) is 14.1. The van der Waals surface area contributed by atoms with Crippen molar-refractivity contribution in [2.24, 2.45) is 0 Å². The van der Waals surface area contributed by atoms with Gasteiger partial charge in [0.2, 0.25) is 15.9 Å². The fraction of sp³-hybridized carbons (Fsp3) is 0.381. The Morgan fingerprint density at radius 2 is 1.75 bits per heavy atom. The summed E-state index contributed by atoms with van der Waals surface area (Å²) in [6, 6.07) is 12.6. The molecule has 0 fully saturated rings. The average molecular weight is 421 g/mol. The van der Waals surface area contributed by atoms with Crippen LogP contribution in [0.1, 0.15) is 36.0 Å². The first-order valence-corrected chi connectivity index (χ1v) is 11.3. The zero-order valence-electron chi connectivity index (χ0n) is 15.9. The van der Waals surface area contributed by atoms with E-state index >= 15 is 0 Å². The fourth-order valence-corrected chi connectivity index (χ4v) is 4.60. The third kappa shape index (κ3) is 5.34. The summed E-state index contributed by atoms with van der Waals surface area (Å²) in [5.74, 6) is -0.122. The third-order valence-corrected chi connectivity index (χ3v) is 6.73. The number of amides is 1. The number of aryl methyl sites for hydroxylation is 2. The van der Waals surface area contributed by atoms with Gasteiger partial charge in [0.25, 0.3) is 0 Å². The predicted molar refractivity (Wildman–Crippen MR) is 111 cm³/mol. The van der Waals surface area contributed by atoms with Gasteiger partial charge in [-0.3, -0.25) is 4.79 Å². The number of rotatable bonds is 7. The van der Waals surface area contributed by atoms with Gasteiger partial charge in [-0.2, -0.15) is 0 Å². The molecule has 7 heteroatoms. The van der Waals surface area contributed by atoms with E-state index in [-0.39, 0.29) is 23.8 Å². The minimum Gasteiger partial charge on any atom is -0.341 e. The van der Waals surface area contributed by atoms with Crippen LogP contribution in [0.3, 0.4) is 0 Å². The van der Waals surface area contributed by atoms with Crippen LogP contribution in [0.5, 0.6) is 0 Å². The van der Waals surface area contributed by atoms with E-state index in [0.717, 1.165) is 36.8 Å². The molecule has 1 aliphatic carbocycles. The quantitative estimate of drug-likeness (QED) is 0.744. The van der Waals surface area contributed by atoms with Crippen molar-refractivity contribution in [2.75, 3.05) is 13.6 Å². The summed E-state index contributed by atoms with van der Waals surface area (Å²) in [7, 11) is -1.91. The summed E-state index contributed by atoms with van der Waals surface area (Å²) in [5.41, 5.74) is 3.33. The Morgan fingerprint density at radius 3 is 2.46 bits per heavy atom. The number of nitrogens with one attached hydrogen (secondary N) is 1. The molecule has 1 aliphatic rings. The molecule has 0 spiro atoms. The summed E-state index contributed by atoms with van der Waals surface area (Å²) in [5, 5.41) is 0.648. The van der Waals surface area contributed by atoms with Crippen LogP contribution in [0, 0.1) is 0 Å². The minimum absolute atomic E-state index is 0.0726. The standard InChI is InChI=1S/C21H25ClN2O3S/c1-24(15-16-6-9-19(22)10-7-16)21(25)12-13-23-28(26,27)20-11-8-17-4-2-3-5-18(17)14-20/h6-11,14,23H,2-5,12-13,15H2,1H3. The van der Waals surface area contributed by atoms with E-state index in [1.165, 1.54) is 5.56 Å². The van der Waals surface area contributed by atoms with Crippen molar-refractivity contribution in [1.82, 2.24) is 9.62 Å². The van der Waals surface area contributed by atoms with Crippen LogP contribution in [0.15, 0.2) is 47.4 Å². The number of halogens is 1. The predicted octanol–water partition coefficient (Wildman–Crippen LogP) is 3.55. The summed E-state index contributed by atoms with van der Waals surface area (Å²) < 4.78 is 27.6. The molecule has 2 aromatic carbocycles. The normalized spacial score (nSPS) is 13.8. The van der Waals surface area contributed by atoms with Crippen LogP contribution in [-0.2, 0) is 34.2 Å². The molecule has 0 aromatic heterocycles. The molecular formula is C21H25ClN2O3S. The van der Waals surface area contributed by atoms with Crippen LogP contribution < -0.4 is 4.72 Å². The van der Waals surface area contributed by atoms with Crippen molar-refractivity contribution in [2.45, 2.75) is 43.5 Å². The lowest BCUT2D eigenvalue weighted by Gasteiger charge is -2.18. The first-order chi connectivity index (χ1) is 13.3. The van der Waals surface area contributed by atoms with Crippen LogP contribution >= 0.6 is 11.6 Å². The number of benzene rings is 2. The number of carbonyl (C=O) groups excluding carboxylic acids is 1. The second-order valence-corrected chi connectivity index (χ2v) is 9.37. The van der Waals surface area contributed by atoms with E-state index in [1.54, 1.807) is 36.2 Å². The Hall–Kier alpha value is -1.89. The molecule has 0 radical (unpaired) electrons. The lowest BCUT2D eigenvalue weighted by molar-refractivity contribution is -0.130. The summed E-state index contributed by atoms with van der Waals surface area (Å²) in [6.45, 7) is 0.525. The Balaban J connectivity index is 1.53. The van der Waals surface area contributed by atoms with Gasteiger partial charge in [-0.1, -0.05) is 29.8 Å². The zero-order chi connectivity index (χ0) is 20.1. The van der Waals surface area contributed by atoms with Gasteiger partial charge in [0.15, 0.2) is 0 Å². The lowest BCUT2D eigenvalue weighted by atomic mass is 9.92. The van der Waals surface area contributed by atoms with Crippen molar-refractivity contribution in [3.63, 3.8) is 0 Å². The molecule has 28 heavy (non-hydrogen) atoms. The third-order valence-electron chi connectivity index (χ3n) is 5.02. The highest BCUT2D eigenvalue weighted by Gasteiger charge is 2.18. The highest BCUT2D eigenvalue weighted by molar-refractivity contribution is 7.89. The fourth-order valence-electron chi connectivity index (χ4n) is 3.40. The number of nitrogens with zero attached hydrogens (tertiary/aromatic N) is 1. The van der Waals surface area contributed by atoms with Crippen molar-refractivity contribution < 1.29 is 13.2 Å². The van der Waals surface area contributed by atoms with Crippen molar-refractivity contribution in [1.29, 1.82) is 0 Å². The largest absolute Gasteiger partial charge is 0.341 e. The van der Waals surface area contributed by atoms with Crippen LogP contribution in [0.4, 0.5) is 0 Å². The SMILES string of the molecule is CN(Cc1ccc(Cl)cc1)C(=O)CCNS(=O)(=O)c1ccc2c(c1)CCCC2. The van der Waals surface area contributed by atoms with Crippen LogP contribution in [0.25, 0.3) is 0 Å². The maximum Gasteiger partial charge on any atom is 0.240 e. The molecule has 2 aromatic rings. The molecule has 150 valence electrons. The van der Waals surface area contributed by atoms with Crippen LogP contribution in [0.2, 0.25) is 5.02 Å². The number of hydrogen-bond donors (Lipinski definition) is 1. The molecule has 3 rings (SSSR count). The van der Waals surface area contributed by atoms with Gasteiger partial charge < -0.3 is 4.90 Å². The Morgan fingerprint density at radius 1 is 1.07 bits per heavy atom. The average Bonchev–Trinajstić information content (AvgIpc) is 2.69. The molecule has 0 saturated heterocycles. The topological polar surface area (TPSA) is 66.5 Å². The Bertz CT molecular complexity index is 943. The zero-order valence-corrected chi connectivity index (χ0v) is 17.5. The molecule has 5 nitrogen and oxygen atoms in total. The van der Waals surface area contributed by atoms with E-state index in [9.17, 15) is 13.2 Å².